The Hall–Kier alpha value is -2.63. The van der Waals surface area contributed by atoms with Crippen LogP contribution in [0.3, 0.4) is 0 Å². The number of ether oxygens (including phenoxy) is 1. The van der Waals surface area contributed by atoms with Crippen molar-refractivity contribution in [2.45, 2.75) is 13.5 Å². The molecule has 0 aliphatic heterocycles. The topological polar surface area (TPSA) is 61.4 Å². The van der Waals surface area contributed by atoms with E-state index < -0.39 is 0 Å². The Morgan fingerprint density at radius 2 is 2.11 bits per heavy atom. The molecule has 3 heterocycles. The number of hydrogen-bond donors (Lipinski definition) is 0. The highest BCUT2D eigenvalue weighted by Crippen LogP contribution is 2.18. The molecule has 0 spiro atoms. The van der Waals surface area contributed by atoms with E-state index in [4.69, 9.17) is 4.74 Å². The maximum atomic E-state index is 12.1. The molecule has 0 saturated carbocycles. The minimum absolute atomic E-state index is 0.218. The highest BCUT2D eigenvalue weighted by Gasteiger charge is 2.10. The minimum Gasteiger partial charge on any atom is -0.422 e. The highest BCUT2D eigenvalue weighted by atomic mass is 16.5. The summed E-state index contributed by atoms with van der Waals surface area (Å²) in [6, 6.07) is 10.6. The summed E-state index contributed by atoms with van der Waals surface area (Å²) in [6.07, 6.45) is 1.63. The molecule has 19 heavy (non-hydrogen) atoms. The van der Waals surface area contributed by atoms with E-state index in [-0.39, 0.29) is 5.69 Å². The van der Waals surface area contributed by atoms with Crippen molar-refractivity contribution in [3.05, 3.63) is 53.1 Å². The molecule has 0 radical (unpaired) electrons. The van der Waals surface area contributed by atoms with Gasteiger partial charge in [0.2, 0.25) is 11.8 Å². The van der Waals surface area contributed by atoms with Gasteiger partial charge < -0.3 is 4.74 Å². The first-order chi connectivity index (χ1) is 9.29. The van der Waals surface area contributed by atoms with Crippen molar-refractivity contribution in [3.63, 3.8) is 0 Å². The lowest BCUT2D eigenvalue weighted by atomic mass is 10.4. The summed E-state index contributed by atoms with van der Waals surface area (Å²) < 4.78 is 8.45. The Morgan fingerprint density at radius 3 is 2.84 bits per heavy atom. The molecule has 0 aromatic carbocycles. The van der Waals surface area contributed by atoms with Crippen LogP contribution in [0.4, 0.5) is 0 Å². The van der Waals surface area contributed by atoms with Gasteiger partial charge in [-0.2, -0.15) is 0 Å². The Kier molecular flexibility index (Phi) is 2.75. The number of aryl methyl sites for hydroxylation is 1. The number of nitrogens with zero attached hydrogens (tertiary/aromatic N) is 4. The van der Waals surface area contributed by atoms with Gasteiger partial charge >= 0.3 is 5.69 Å². The number of aromatic nitrogens is 4. The van der Waals surface area contributed by atoms with E-state index in [0.717, 1.165) is 0 Å². The van der Waals surface area contributed by atoms with Crippen molar-refractivity contribution >= 4 is 5.65 Å². The zero-order chi connectivity index (χ0) is 13.2. The van der Waals surface area contributed by atoms with Crippen LogP contribution in [0.2, 0.25) is 0 Å². The molecular formula is C13H12N4O2. The summed E-state index contributed by atoms with van der Waals surface area (Å²) in [5.74, 6) is 0.840. The minimum atomic E-state index is -0.218. The summed E-state index contributed by atoms with van der Waals surface area (Å²) >= 11 is 0. The maximum Gasteiger partial charge on any atom is 0.353 e. The van der Waals surface area contributed by atoms with Gasteiger partial charge in [0.15, 0.2) is 5.65 Å². The van der Waals surface area contributed by atoms with Crippen molar-refractivity contribution in [2.75, 3.05) is 0 Å². The molecule has 0 atom stereocenters. The summed E-state index contributed by atoms with van der Waals surface area (Å²) in [6.45, 7) is 2.39. The highest BCUT2D eigenvalue weighted by molar-refractivity contribution is 5.41. The van der Waals surface area contributed by atoms with Gasteiger partial charge in [-0.3, -0.25) is 0 Å². The van der Waals surface area contributed by atoms with Gasteiger partial charge in [0, 0.05) is 18.8 Å². The predicted octanol–water partition coefficient (Wildman–Crippen LogP) is 1.70. The van der Waals surface area contributed by atoms with Crippen LogP contribution in [0.5, 0.6) is 11.8 Å². The van der Waals surface area contributed by atoms with Crippen LogP contribution >= 0.6 is 0 Å². The van der Waals surface area contributed by atoms with Crippen molar-refractivity contribution in [1.82, 2.24) is 19.2 Å². The van der Waals surface area contributed by atoms with E-state index in [1.165, 1.54) is 9.08 Å². The number of fused-ring (bicyclic) bond motifs is 1. The van der Waals surface area contributed by atoms with Gasteiger partial charge in [0.05, 0.1) is 0 Å². The first-order valence-corrected chi connectivity index (χ1v) is 5.97. The van der Waals surface area contributed by atoms with Crippen molar-refractivity contribution in [2.24, 2.45) is 0 Å². The zero-order valence-electron chi connectivity index (χ0n) is 10.4. The van der Waals surface area contributed by atoms with E-state index in [2.05, 4.69) is 10.1 Å². The first kappa shape index (κ1) is 11.5. The van der Waals surface area contributed by atoms with Crippen LogP contribution in [-0.2, 0) is 6.54 Å². The molecule has 0 aliphatic rings. The molecule has 6 nitrogen and oxygen atoms in total. The molecule has 0 saturated heterocycles. The second kappa shape index (κ2) is 4.56. The lowest BCUT2D eigenvalue weighted by Crippen LogP contribution is -2.20. The van der Waals surface area contributed by atoms with Crippen LogP contribution in [0.15, 0.2) is 47.4 Å². The van der Waals surface area contributed by atoms with Crippen LogP contribution in [0.25, 0.3) is 5.65 Å². The standard InChI is InChI=1S/C13H12N4O2/c1-2-16-13(18)17-10(15-16)6-5-8-12(17)19-11-7-3-4-9-14-11/h3-9H,2H2,1H3. The average molecular weight is 256 g/mol. The molecule has 3 aromatic rings. The third kappa shape index (κ3) is 1.97. The maximum absolute atomic E-state index is 12.1. The molecule has 0 fully saturated rings. The fraction of sp³-hybridized carbons (Fsp3) is 0.154. The quantitative estimate of drug-likeness (QED) is 0.715. The summed E-state index contributed by atoms with van der Waals surface area (Å²) in [5, 5.41) is 4.20. The van der Waals surface area contributed by atoms with Gasteiger partial charge in [-0.05, 0) is 25.1 Å². The largest absolute Gasteiger partial charge is 0.422 e. The van der Waals surface area contributed by atoms with Crippen LogP contribution in [0.1, 0.15) is 6.92 Å². The van der Waals surface area contributed by atoms with Crippen molar-refractivity contribution in [1.29, 1.82) is 0 Å². The zero-order valence-corrected chi connectivity index (χ0v) is 10.4. The smallest absolute Gasteiger partial charge is 0.353 e. The van der Waals surface area contributed by atoms with E-state index >= 15 is 0 Å². The Bertz CT molecular complexity index is 761. The molecule has 0 amide bonds. The lowest BCUT2D eigenvalue weighted by molar-refractivity contribution is 0.435. The molecule has 6 heteroatoms. The second-order valence-electron chi connectivity index (χ2n) is 3.93. The van der Waals surface area contributed by atoms with Gasteiger partial charge in [-0.15, -0.1) is 5.10 Å². The van der Waals surface area contributed by atoms with Crippen LogP contribution in [-0.4, -0.2) is 19.2 Å². The molecule has 0 unspecified atom stereocenters. The molecule has 0 bridgehead atoms. The van der Waals surface area contributed by atoms with Gasteiger partial charge in [0.1, 0.15) is 0 Å². The van der Waals surface area contributed by atoms with Crippen LogP contribution < -0.4 is 10.4 Å². The van der Waals surface area contributed by atoms with Gasteiger partial charge in [0.25, 0.3) is 0 Å². The second-order valence-corrected chi connectivity index (χ2v) is 3.93. The van der Waals surface area contributed by atoms with E-state index in [9.17, 15) is 4.79 Å². The molecule has 0 aliphatic carbocycles. The van der Waals surface area contributed by atoms with E-state index in [1.54, 1.807) is 36.5 Å². The van der Waals surface area contributed by atoms with E-state index in [1.807, 2.05) is 13.0 Å². The van der Waals surface area contributed by atoms with Crippen LogP contribution in [0, 0.1) is 0 Å². The predicted molar refractivity (Wildman–Crippen MR) is 69.4 cm³/mol. The fourth-order valence-electron chi connectivity index (χ4n) is 1.83. The third-order valence-corrected chi connectivity index (χ3v) is 2.72. The molecular weight excluding hydrogens is 244 g/mol. The monoisotopic (exact) mass is 256 g/mol. The number of hydrogen-bond acceptors (Lipinski definition) is 4. The average Bonchev–Trinajstić information content (AvgIpc) is 2.78. The summed E-state index contributed by atoms with van der Waals surface area (Å²) in [4.78, 5) is 16.2. The Morgan fingerprint density at radius 1 is 1.21 bits per heavy atom. The molecule has 0 N–H and O–H groups in total. The summed E-state index contributed by atoms with van der Waals surface area (Å²) in [5.41, 5.74) is 0.337. The molecule has 3 aromatic heterocycles. The Balaban J connectivity index is 2.14. The first-order valence-electron chi connectivity index (χ1n) is 5.97. The number of rotatable bonds is 3. The van der Waals surface area contributed by atoms with Crippen molar-refractivity contribution in [3.8, 4) is 11.8 Å². The van der Waals surface area contributed by atoms with Gasteiger partial charge in [-0.1, -0.05) is 12.1 Å². The lowest BCUT2D eigenvalue weighted by Gasteiger charge is -2.05. The Labute approximate surface area is 108 Å². The van der Waals surface area contributed by atoms with Crippen molar-refractivity contribution < 1.29 is 4.74 Å². The third-order valence-electron chi connectivity index (χ3n) is 2.72. The van der Waals surface area contributed by atoms with E-state index in [0.29, 0.717) is 24.0 Å². The number of pyridine rings is 2. The summed E-state index contributed by atoms with van der Waals surface area (Å²) in [7, 11) is 0. The molecule has 96 valence electrons. The normalized spacial score (nSPS) is 10.8. The molecule has 3 rings (SSSR count). The SMILES string of the molecule is CCn1nc2cccc(Oc3ccccn3)n2c1=O. The fourth-order valence-corrected chi connectivity index (χ4v) is 1.83. The van der Waals surface area contributed by atoms with Gasteiger partial charge in [-0.25, -0.2) is 18.9 Å².